The van der Waals surface area contributed by atoms with E-state index < -0.39 is 14.6 Å². The van der Waals surface area contributed by atoms with E-state index >= 15 is 0 Å². The monoisotopic (exact) mass is 284 g/mol. The number of fused-ring (bicyclic) bond motifs is 3. The molecule has 0 aromatic rings. The lowest BCUT2D eigenvalue weighted by atomic mass is 9.83. The van der Waals surface area contributed by atoms with Crippen molar-refractivity contribution in [1.82, 2.24) is 0 Å². The summed E-state index contributed by atoms with van der Waals surface area (Å²) in [5.74, 6) is 1.18. The van der Waals surface area contributed by atoms with Crippen LogP contribution in [0.25, 0.3) is 0 Å². The van der Waals surface area contributed by atoms with Crippen molar-refractivity contribution in [1.29, 1.82) is 0 Å². The third-order valence-electron chi connectivity index (χ3n) is 6.15. The summed E-state index contributed by atoms with van der Waals surface area (Å²) in [6.07, 6.45) is 6.35. The Labute approximate surface area is 114 Å². The van der Waals surface area contributed by atoms with Crippen LogP contribution in [0.3, 0.4) is 0 Å². The van der Waals surface area contributed by atoms with E-state index in [9.17, 15) is 8.42 Å². The van der Waals surface area contributed by atoms with Crippen LogP contribution in [0.15, 0.2) is 12.2 Å². The number of nitrogens with zero attached hydrogens (tertiary/aromatic N) is 1. The molecule has 2 saturated heterocycles. The molecule has 2 bridgehead atoms. The van der Waals surface area contributed by atoms with Crippen LogP contribution < -0.4 is 0 Å². The quantitative estimate of drug-likeness (QED) is 0.523. The highest BCUT2D eigenvalue weighted by molar-refractivity contribution is 7.94. The summed E-state index contributed by atoms with van der Waals surface area (Å²) in [7, 11) is -0.661. The van der Waals surface area contributed by atoms with Gasteiger partial charge in [-0.15, -0.1) is 0 Å². The minimum Gasteiger partial charge on any atom is -0.370 e. The van der Waals surface area contributed by atoms with E-state index in [1.807, 2.05) is 0 Å². The molecule has 3 fully saturated rings. The van der Waals surface area contributed by atoms with Crippen molar-refractivity contribution in [2.75, 3.05) is 39.1 Å². The van der Waals surface area contributed by atoms with Crippen molar-refractivity contribution in [3.8, 4) is 0 Å². The lowest BCUT2D eigenvalue weighted by Gasteiger charge is -2.58. The molecule has 5 heteroatoms. The lowest BCUT2D eigenvalue weighted by Crippen LogP contribution is -2.78. The highest BCUT2D eigenvalue weighted by atomic mass is 32.2. The molecular weight excluding hydrogens is 262 g/mol. The number of ether oxygens (including phenoxy) is 1. The molecule has 4 aliphatic rings. The van der Waals surface area contributed by atoms with Gasteiger partial charge in [0.05, 0.1) is 20.3 Å². The first-order valence-electron chi connectivity index (χ1n) is 7.31. The molecule has 4 rings (SSSR count). The van der Waals surface area contributed by atoms with Gasteiger partial charge in [0.25, 0.3) is 0 Å². The van der Waals surface area contributed by atoms with Crippen LogP contribution in [0.2, 0.25) is 0 Å². The van der Waals surface area contributed by atoms with Gasteiger partial charge >= 0.3 is 0 Å². The van der Waals surface area contributed by atoms with Crippen LogP contribution in [0.4, 0.5) is 0 Å². The number of quaternary nitrogens is 1. The fourth-order valence-electron chi connectivity index (χ4n) is 4.98. The van der Waals surface area contributed by atoms with E-state index in [1.165, 1.54) is 0 Å². The van der Waals surface area contributed by atoms with E-state index in [1.54, 1.807) is 0 Å². The van der Waals surface area contributed by atoms with Gasteiger partial charge in [0, 0.05) is 5.92 Å². The zero-order valence-corrected chi connectivity index (χ0v) is 12.2. The normalized spacial score (nSPS) is 49.4. The molecule has 0 unspecified atom stereocenters. The van der Waals surface area contributed by atoms with Gasteiger partial charge in [0.2, 0.25) is 0 Å². The average Bonchev–Trinajstić information content (AvgIpc) is 2.98. The second-order valence-corrected chi connectivity index (χ2v) is 9.31. The fourth-order valence-corrected chi connectivity index (χ4v) is 7.92. The number of hydrogen-bond donors (Lipinski definition) is 0. The first-order chi connectivity index (χ1) is 8.98. The summed E-state index contributed by atoms with van der Waals surface area (Å²) >= 11 is 0. The van der Waals surface area contributed by atoms with Crippen molar-refractivity contribution in [3.63, 3.8) is 0 Å². The Balaban J connectivity index is 1.73. The van der Waals surface area contributed by atoms with E-state index in [4.69, 9.17) is 4.74 Å². The smallest absolute Gasteiger partial charge is 0.168 e. The standard InChI is InChI=1S/C14H22NO3S/c1-15(4-6-18-7-5-15)13-10-19(16,17)14(13)9-11-2-3-12(14)8-11/h2-3,11-13H,4-10H2,1H3/q+1/t11-,12-,13+,14+/m0/s1. The number of morpholine rings is 1. The predicted octanol–water partition coefficient (Wildman–Crippen LogP) is 0.595. The van der Waals surface area contributed by atoms with E-state index in [0.29, 0.717) is 17.7 Å². The third kappa shape index (κ3) is 1.39. The van der Waals surface area contributed by atoms with Gasteiger partial charge in [0.15, 0.2) is 9.84 Å². The zero-order valence-electron chi connectivity index (χ0n) is 11.4. The number of hydrogen-bond acceptors (Lipinski definition) is 3. The van der Waals surface area contributed by atoms with Gasteiger partial charge in [-0.1, -0.05) is 12.2 Å². The van der Waals surface area contributed by atoms with Crippen LogP contribution >= 0.6 is 0 Å². The molecule has 2 aliphatic carbocycles. The van der Waals surface area contributed by atoms with Crippen molar-refractivity contribution in [2.45, 2.75) is 23.6 Å². The number of rotatable bonds is 1. The van der Waals surface area contributed by atoms with Gasteiger partial charge in [-0.05, 0) is 18.8 Å². The van der Waals surface area contributed by atoms with E-state index in [0.717, 1.165) is 43.6 Å². The predicted molar refractivity (Wildman–Crippen MR) is 72.4 cm³/mol. The average molecular weight is 284 g/mol. The molecule has 4 atom stereocenters. The molecule has 2 heterocycles. The van der Waals surface area contributed by atoms with Gasteiger partial charge < -0.3 is 9.22 Å². The second kappa shape index (κ2) is 3.62. The lowest BCUT2D eigenvalue weighted by molar-refractivity contribution is -0.942. The third-order valence-corrected chi connectivity index (χ3v) is 8.80. The van der Waals surface area contributed by atoms with E-state index in [-0.39, 0.29) is 5.92 Å². The number of allylic oxidation sites excluding steroid dienone is 2. The topological polar surface area (TPSA) is 43.4 Å². The summed E-state index contributed by atoms with van der Waals surface area (Å²) in [4.78, 5) is 0. The fraction of sp³-hybridized carbons (Fsp3) is 0.857. The van der Waals surface area contributed by atoms with Crippen molar-refractivity contribution >= 4 is 9.84 Å². The summed E-state index contributed by atoms with van der Waals surface area (Å²) in [6, 6.07) is 0.293. The Morgan fingerprint density at radius 2 is 2.00 bits per heavy atom. The summed E-state index contributed by atoms with van der Waals surface area (Å²) in [5, 5.41) is 0. The van der Waals surface area contributed by atoms with Crippen LogP contribution in [-0.2, 0) is 14.6 Å². The first-order valence-corrected chi connectivity index (χ1v) is 8.96. The largest absolute Gasteiger partial charge is 0.370 e. The molecule has 0 aromatic carbocycles. The zero-order chi connectivity index (χ0) is 13.3. The summed E-state index contributed by atoms with van der Waals surface area (Å²) < 4.78 is 31.0. The molecule has 0 amide bonds. The molecule has 1 saturated carbocycles. The Kier molecular flexibility index (Phi) is 2.36. The Morgan fingerprint density at radius 1 is 1.26 bits per heavy atom. The van der Waals surface area contributed by atoms with Crippen molar-refractivity contribution < 1.29 is 17.6 Å². The molecule has 19 heavy (non-hydrogen) atoms. The maximum Gasteiger partial charge on any atom is 0.168 e. The number of likely N-dealkylation sites (N-methyl/N-ethyl adjacent to an activating group) is 1. The number of sulfone groups is 1. The van der Waals surface area contributed by atoms with Crippen LogP contribution in [0, 0.1) is 11.8 Å². The molecule has 4 nitrogen and oxygen atoms in total. The minimum atomic E-state index is -2.90. The molecule has 1 spiro atoms. The second-order valence-electron chi connectivity index (χ2n) is 6.98. The van der Waals surface area contributed by atoms with Crippen molar-refractivity contribution in [2.24, 2.45) is 11.8 Å². The molecule has 0 aromatic heterocycles. The Hall–Kier alpha value is -0.390. The van der Waals surface area contributed by atoms with Crippen molar-refractivity contribution in [3.05, 3.63) is 12.2 Å². The SMILES string of the molecule is C[N+]1([C@@H]2CS(=O)(=O)[C@@]23C[C@H]2C=C[C@H]3C2)CCOCC1. The summed E-state index contributed by atoms with van der Waals surface area (Å²) in [5.41, 5.74) is 0. The van der Waals surface area contributed by atoms with Crippen LogP contribution in [0.5, 0.6) is 0 Å². The minimum absolute atomic E-state index is 0.277. The van der Waals surface area contributed by atoms with E-state index in [2.05, 4.69) is 19.2 Å². The van der Waals surface area contributed by atoms with Gasteiger partial charge in [0.1, 0.15) is 29.6 Å². The Bertz CT molecular complexity index is 535. The van der Waals surface area contributed by atoms with Gasteiger partial charge in [-0.25, -0.2) is 8.42 Å². The van der Waals surface area contributed by atoms with Gasteiger partial charge in [-0.3, -0.25) is 0 Å². The maximum absolute atomic E-state index is 12.6. The molecular formula is C14H22NO3S+. The van der Waals surface area contributed by atoms with Crippen LogP contribution in [0.1, 0.15) is 12.8 Å². The molecule has 0 radical (unpaired) electrons. The summed E-state index contributed by atoms with van der Waals surface area (Å²) in [6.45, 7) is 3.46. The highest BCUT2D eigenvalue weighted by Crippen LogP contribution is 2.59. The molecule has 2 aliphatic heterocycles. The highest BCUT2D eigenvalue weighted by Gasteiger charge is 2.73. The Morgan fingerprint density at radius 3 is 2.53 bits per heavy atom. The van der Waals surface area contributed by atoms with Gasteiger partial charge in [-0.2, -0.15) is 0 Å². The molecule has 106 valence electrons. The first kappa shape index (κ1) is 12.4. The van der Waals surface area contributed by atoms with Crippen LogP contribution in [-0.4, -0.2) is 62.8 Å². The molecule has 0 N–H and O–H groups in total. The maximum atomic E-state index is 12.6.